The van der Waals surface area contributed by atoms with Gasteiger partial charge >= 0.3 is 0 Å². The lowest BCUT2D eigenvalue weighted by atomic mass is 9.83. The number of rotatable bonds is 15. The highest BCUT2D eigenvalue weighted by molar-refractivity contribution is 5.84. The summed E-state index contributed by atoms with van der Waals surface area (Å²) in [6.07, 6.45) is 18.4. The highest BCUT2D eigenvalue weighted by atomic mass is 16.1. The molecule has 2 nitrogen and oxygen atoms in total. The number of carbonyl (C=O) groups excluding carboxylic acids is 2. The van der Waals surface area contributed by atoms with Gasteiger partial charge in [-0.3, -0.25) is 9.59 Å². The van der Waals surface area contributed by atoms with Gasteiger partial charge in [-0.05, 0) is 83.3 Å². The van der Waals surface area contributed by atoms with E-state index >= 15 is 0 Å². The topological polar surface area (TPSA) is 34.1 Å². The summed E-state index contributed by atoms with van der Waals surface area (Å²) in [7, 11) is 0. The van der Waals surface area contributed by atoms with E-state index in [0.717, 1.165) is 57.8 Å². The van der Waals surface area contributed by atoms with Crippen molar-refractivity contribution in [2.24, 2.45) is 10.8 Å². The molecule has 0 aliphatic heterocycles. The first-order chi connectivity index (χ1) is 13.2. The van der Waals surface area contributed by atoms with E-state index in [-0.39, 0.29) is 16.6 Å². The second-order valence-corrected chi connectivity index (χ2v) is 9.30. The molecule has 1 fully saturated rings. The van der Waals surface area contributed by atoms with Crippen molar-refractivity contribution in [2.75, 3.05) is 0 Å². The molecule has 1 aliphatic rings. The van der Waals surface area contributed by atoms with Crippen LogP contribution in [-0.2, 0) is 9.59 Å². The van der Waals surface area contributed by atoms with Crippen LogP contribution in [0.15, 0.2) is 36.0 Å². The van der Waals surface area contributed by atoms with Crippen LogP contribution >= 0.6 is 0 Å². The SMILES string of the molecule is C=C/C(CCCCC(C)(C)C(C)=O)=C(\C=C/C)CCCCCC1(C(C)=O)CC1. The first-order valence-corrected chi connectivity index (χ1v) is 11.2. The highest BCUT2D eigenvalue weighted by Crippen LogP contribution is 2.50. The third-order valence-corrected chi connectivity index (χ3v) is 6.68. The molecule has 2 heteroatoms. The van der Waals surface area contributed by atoms with Gasteiger partial charge in [0.05, 0.1) is 0 Å². The van der Waals surface area contributed by atoms with Crippen LogP contribution in [-0.4, -0.2) is 11.6 Å². The van der Waals surface area contributed by atoms with Crippen LogP contribution in [0.5, 0.6) is 0 Å². The molecule has 0 saturated heterocycles. The van der Waals surface area contributed by atoms with Gasteiger partial charge in [-0.2, -0.15) is 0 Å². The van der Waals surface area contributed by atoms with Crippen molar-refractivity contribution in [3.8, 4) is 0 Å². The van der Waals surface area contributed by atoms with Crippen molar-refractivity contribution >= 4 is 11.6 Å². The molecule has 0 atom stereocenters. The average molecular weight is 387 g/mol. The molecule has 0 heterocycles. The minimum atomic E-state index is -0.205. The molecule has 158 valence electrons. The van der Waals surface area contributed by atoms with Crippen LogP contribution in [0.1, 0.15) is 105 Å². The Morgan fingerprint density at radius 1 is 0.964 bits per heavy atom. The molecule has 0 aromatic carbocycles. The van der Waals surface area contributed by atoms with E-state index in [2.05, 4.69) is 25.7 Å². The summed E-state index contributed by atoms with van der Waals surface area (Å²) in [6, 6.07) is 0. The van der Waals surface area contributed by atoms with Crippen LogP contribution in [0.2, 0.25) is 0 Å². The molecular weight excluding hydrogens is 344 g/mol. The Hall–Kier alpha value is -1.44. The Balaban J connectivity index is 2.45. The van der Waals surface area contributed by atoms with Crippen LogP contribution in [0, 0.1) is 10.8 Å². The molecule has 1 saturated carbocycles. The first kappa shape index (κ1) is 24.6. The zero-order chi connectivity index (χ0) is 21.2. The molecule has 0 unspecified atom stereocenters. The molecule has 0 aromatic heterocycles. The van der Waals surface area contributed by atoms with Gasteiger partial charge in [0, 0.05) is 10.8 Å². The Morgan fingerprint density at radius 3 is 2.07 bits per heavy atom. The molecule has 0 amide bonds. The number of Topliss-reactive ketones (excluding diaryl/α,β-unsaturated/α-hetero) is 2. The summed E-state index contributed by atoms with van der Waals surface area (Å²) in [6.45, 7) is 13.7. The first-order valence-electron chi connectivity index (χ1n) is 11.2. The second-order valence-electron chi connectivity index (χ2n) is 9.30. The average Bonchev–Trinajstić information content (AvgIpc) is 3.42. The van der Waals surface area contributed by atoms with Crippen molar-refractivity contribution in [3.05, 3.63) is 36.0 Å². The van der Waals surface area contributed by atoms with E-state index in [1.54, 1.807) is 13.8 Å². The standard InChI is InChI=1S/C26H42O2/c1-7-14-24(16-10-9-12-18-26(19-20-26)22(4)28)23(8-2)15-11-13-17-25(5,6)21(3)27/h7-8,14H,2,9-13,15-20H2,1,3-6H3/b14-7-,24-23-. The van der Waals surface area contributed by atoms with Crippen molar-refractivity contribution in [1.82, 2.24) is 0 Å². The van der Waals surface area contributed by atoms with Crippen molar-refractivity contribution < 1.29 is 9.59 Å². The van der Waals surface area contributed by atoms with E-state index < -0.39 is 0 Å². The lowest BCUT2D eigenvalue weighted by Crippen LogP contribution is -2.20. The third kappa shape index (κ3) is 7.89. The minimum Gasteiger partial charge on any atom is -0.299 e. The van der Waals surface area contributed by atoms with Crippen molar-refractivity contribution in [2.45, 2.75) is 105 Å². The lowest BCUT2D eigenvalue weighted by Gasteiger charge is -2.20. The molecule has 1 rings (SSSR count). The van der Waals surface area contributed by atoms with E-state index in [1.165, 1.54) is 24.0 Å². The Labute approximate surface area is 173 Å². The summed E-state index contributed by atoms with van der Waals surface area (Å²) < 4.78 is 0. The maximum absolute atomic E-state index is 11.7. The monoisotopic (exact) mass is 386 g/mol. The molecular formula is C26H42O2. The van der Waals surface area contributed by atoms with Crippen LogP contribution in [0.25, 0.3) is 0 Å². The van der Waals surface area contributed by atoms with E-state index in [9.17, 15) is 9.59 Å². The number of ketones is 2. The van der Waals surface area contributed by atoms with E-state index in [4.69, 9.17) is 0 Å². The molecule has 0 aromatic rings. The van der Waals surface area contributed by atoms with Crippen molar-refractivity contribution in [3.63, 3.8) is 0 Å². The summed E-state index contributed by atoms with van der Waals surface area (Å²) >= 11 is 0. The molecule has 1 aliphatic carbocycles. The normalized spacial score (nSPS) is 16.8. The molecule has 0 spiro atoms. The summed E-state index contributed by atoms with van der Waals surface area (Å²) in [5.74, 6) is 0.670. The van der Waals surface area contributed by atoms with E-state index in [0.29, 0.717) is 5.78 Å². The van der Waals surface area contributed by atoms with Crippen LogP contribution < -0.4 is 0 Å². The predicted molar refractivity (Wildman–Crippen MR) is 120 cm³/mol. The number of carbonyl (C=O) groups is 2. The smallest absolute Gasteiger partial charge is 0.135 e. The van der Waals surface area contributed by atoms with Gasteiger partial charge in [0.15, 0.2) is 0 Å². The maximum Gasteiger partial charge on any atom is 0.135 e. The number of unbranched alkanes of at least 4 members (excludes halogenated alkanes) is 3. The lowest BCUT2D eigenvalue weighted by molar-refractivity contribution is -0.125. The fourth-order valence-corrected chi connectivity index (χ4v) is 3.89. The van der Waals surface area contributed by atoms with Crippen LogP contribution in [0.3, 0.4) is 0 Å². The van der Waals surface area contributed by atoms with Gasteiger partial charge in [0.1, 0.15) is 11.6 Å². The second kappa shape index (κ2) is 11.5. The Kier molecular flexibility index (Phi) is 10.1. The highest BCUT2D eigenvalue weighted by Gasteiger charge is 2.46. The molecule has 0 N–H and O–H groups in total. The minimum absolute atomic E-state index is 0.0575. The van der Waals surface area contributed by atoms with E-state index in [1.807, 2.05) is 19.9 Å². The van der Waals surface area contributed by atoms with Crippen LogP contribution in [0.4, 0.5) is 0 Å². The predicted octanol–water partition coefficient (Wildman–Crippen LogP) is 7.54. The van der Waals surface area contributed by atoms with Gasteiger partial charge in [0.25, 0.3) is 0 Å². The van der Waals surface area contributed by atoms with Gasteiger partial charge in [-0.1, -0.05) is 57.9 Å². The fourth-order valence-electron chi connectivity index (χ4n) is 3.89. The molecule has 28 heavy (non-hydrogen) atoms. The quantitative estimate of drug-likeness (QED) is 0.215. The van der Waals surface area contributed by atoms with Gasteiger partial charge in [0.2, 0.25) is 0 Å². The van der Waals surface area contributed by atoms with Crippen molar-refractivity contribution in [1.29, 1.82) is 0 Å². The summed E-state index contributed by atoms with van der Waals surface area (Å²) in [4.78, 5) is 23.4. The largest absolute Gasteiger partial charge is 0.299 e. The number of hydrogen-bond acceptors (Lipinski definition) is 2. The number of allylic oxidation sites excluding steroid dienone is 5. The zero-order valence-corrected chi connectivity index (χ0v) is 19.0. The van der Waals surface area contributed by atoms with Gasteiger partial charge < -0.3 is 0 Å². The fraction of sp³-hybridized carbons (Fsp3) is 0.692. The Morgan fingerprint density at radius 2 is 1.57 bits per heavy atom. The van der Waals surface area contributed by atoms with Gasteiger partial charge in [-0.25, -0.2) is 0 Å². The molecule has 0 bridgehead atoms. The maximum atomic E-state index is 11.7. The summed E-state index contributed by atoms with van der Waals surface area (Å²) in [5.41, 5.74) is 2.60. The molecule has 0 radical (unpaired) electrons. The Bertz CT molecular complexity index is 600. The number of hydrogen-bond donors (Lipinski definition) is 0. The third-order valence-electron chi connectivity index (χ3n) is 6.68. The summed E-state index contributed by atoms with van der Waals surface area (Å²) in [5, 5.41) is 0. The van der Waals surface area contributed by atoms with Gasteiger partial charge in [-0.15, -0.1) is 0 Å². The zero-order valence-electron chi connectivity index (χ0n) is 19.0.